The lowest BCUT2D eigenvalue weighted by molar-refractivity contribution is -0.0688. The second-order valence-electron chi connectivity index (χ2n) is 10.3. The number of hydrogen-bond donors (Lipinski definition) is 0. The predicted molar refractivity (Wildman–Crippen MR) is 147 cm³/mol. The van der Waals surface area contributed by atoms with Crippen LogP contribution in [0.5, 0.6) is 11.5 Å². The third-order valence-corrected chi connectivity index (χ3v) is 7.70. The van der Waals surface area contributed by atoms with Crippen molar-refractivity contribution in [2.75, 3.05) is 20.2 Å². The molecule has 2 atom stereocenters. The van der Waals surface area contributed by atoms with Crippen LogP contribution < -0.4 is 9.47 Å². The molecule has 2 unspecified atom stereocenters. The van der Waals surface area contributed by atoms with E-state index in [1.165, 1.54) is 7.11 Å². The molecule has 2 aromatic carbocycles. The molecule has 222 valence electrons. The van der Waals surface area contributed by atoms with Gasteiger partial charge in [0.1, 0.15) is 12.4 Å². The second-order valence-corrected chi connectivity index (χ2v) is 11.9. The molecule has 1 aliphatic carbocycles. The molecule has 11 heteroatoms. The van der Waals surface area contributed by atoms with Gasteiger partial charge in [-0.1, -0.05) is 30.3 Å². The molecule has 0 radical (unpaired) electrons. The number of aryl methyl sites for hydroxylation is 1. The number of methoxy groups -OCH3 is 1. The number of ether oxygens (including phenoxy) is 3. The van der Waals surface area contributed by atoms with Crippen molar-refractivity contribution in [2.45, 2.75) is 64.1 Å². The van der Waals surface area contributed by atoms with E-state index in [1.807, 2.05) is 37.3 Å². The monoisotopic (exact) mass is 593 g/mol. The Balaban J connectivity index is 1.66. The molecule has 3 aromatic rings. The van der Waals surface area contributed by atoms with Crippen molar-refractivity contribution >= 4 is 10.1 Å². The van der Waals surface area contributed by atoms with Crippen LogP contribution >= 0.6 is 0 Å². The number of hydrogen-bond acceptors (Lipinski definition) is 7. The Hall–Kier alpha value is -3.15. The Morgan fingerprint density at radius 1 is 1.05 bits per heavy atom. The molecule has 0 aliphatic heterocycles. The minimum Gasteiger partial charge on any atom is -0.486 e. The zero-order valence-corrected chi connectivity index (χ0v) is 24.3. The van der Waals surface area contributed by atoms with Crippen LogP contribution in [0.15, 0.2) is 48.5 Å². The Bertz CT molecular complexity index is 1470. The van der Waals surface area contributed by atoms with Crippen molar-refractivity contribution in [1.29, 1.82) is 0 Å². The highest BCUT2D eigenvalue weighted by atomic mass is 32.2. The Kier molecular flexibility index (Phi) is 9.61. The van der Waals surface area contributed by atoms with E-state index in [0.29, 0.717) is 16.8 Å². The van der Waals surface area contributed by atoms with Crippen LogP contribution in [0, 0.1) is 19.7 Å². The van der Waals surface area contributed by atoms with E-state index >= 15 is 4.39 Å². The van der Waals surface area contributed by atoms with E-state index in [2.05, 4.69) is 4.98 Å². The molecule has 1 aromatic heterocycles. The van der Waals surface area contributed by atoms with Gasteiger partial charge in [-0.15, -0.1) is 0 Å². The molecular formula is C30H34F3NO6S. The van der Waals surface area contributed by atoms with Crippen molar-refractivity contribution in [2.24, 2.45) is 0 Å². The molecule has 1 aliphatic rings. The quantitative estimate of drug-likeness (QED) is 0.192. The fourth-order valence-corrected chi connectivity index (χ4v) is 5.77. The summed E-state index contributed by atoms with van der Waals surface area (Å²) in [5.74, 6) is -4.27. The average Bonchev–Trinajstić information content (AvgIpc) is 2.92. The minimum absolute atomic E-state index is 0.134. The minimum atomic E-state index is -3.92. The summed E-state index contributed by atoms with van der Waals surface area (Å²) in [5, 5.41) is 0. The summed E-state index contributed by atoms with van der Waals surface area (Å²) in [5.41, 5.74) is 3.37. The van der Waals surface area contributed by atoms with Gasteiger partial charge in [0.15, 0.2) is 18.4 Å². The van der Waals surface area contributed by atoms with Crippen molar-refractivity contribution in [3.05, 3.63) is 88.0 Å². The highest BCUT2D eigenvalue weighted by molar-refractivity contribution is 7.86. The molecule has 0 amide bonds. The molecular weight excluding hydrogens is 559 g/mol. The van der Waals surface area contributed by atoms with E-state index in [-0.39, 0.29) is 43.4 Å². The number of benzene rings is 2. The predicted octanol–water partition coefficient (Wildman–Crippen LogP) is 6.24. The fourth-order valence-electron chi connectivity index (χ4n) is 5.09. The fraction of sp³-hybridized carbons (Fsp3) is 0.433. The van der Waals surface area contributed by atoms with Gasteiger partial charge < -0.3 is 14.2 Å². The normalized spacial score (nSPS) is 18.7. The molecule has 0 N–H and O–H groups in total. The SMILES string of the molecule is COCOc1ccc(Cc2c(C)cc(OCc3ccccc3)c(F)c2C)nc1C1CC(F)(F)CCC1OS(C)(=O)=O. The van der Waals surface area contributed by atoms with Crippen molar-refractivity contribution < 1.29 is 40.0 Å². The molecule has 0 spiro atoms. The summed E-state index contributed by atoms with van der Waals surface area (Å²) in [7, 11) is -2.51. The Morgan fingerprint density at radius 3 is 2.46 bits per heavy atom. The van der Waals surface area contributed by atoms with Gasteiger partial charge in [0, 0.05) is 38.0 Å². The standard InChI is InChI=1S/C30H34F3NO6S/c1-19-14-27(38-17-21-8-6-5-7-9-21)28(31)20(2)23(19)15-22-10-11-26(39-18-37-3)29(34-22)24-16-30(32,33)13-12-25(24)40-41(4,35)36/h5-11,14,24-25H,12-13,15-18H2,1-4H3. The van der Waals surface area contributed by atoms with Gasteiger partial charge in [0.05, 0.1) is 18.1 Å². The van der Waals surface area contributed by atoms with E-state index in [9.17, 15) is 17.2 Å². The van der Waals surface area contributed by atoms with Crippen LogP contribution in [0.3, 0.4) is 0 Å². The molecule has 0 bridgehead atoms. The van der Waals surface area contributed by atoms with Gasteiger partial charge in [-0.25, -0.2) is 13.2 Å². The third-order valence-electron chi connectivity index (χ3n) is 7.10. The van der Waals surface area contributed by atoms with E-state index in [1.54, 1.807) is 25.1 Å². The summed E-state index contributed by atoms with van der Waals surface area (Å²) in [6, 6.07) is 14.3. The summed E-state index contributed by atoms with van der Waals surface area (Å²) < 4.78 is 90.0. The van der Waals surface area contributed by atoms with Gasteiger partial charge in [0.25, 0.3) is 10.1 Å². The van der Waals surface area contributed by atoms with E-state index in [4.69, 9.17) is 18.4 Å². The van der Waals surface area contributed by atoms with Crippen LogP contribution in [0.4, 0.5) is 13.2 Å². The topological polar surface area (TPSA) is 83.9 Å². The number of alkyl halides is 2. The first-order valence-corrected chi connectivity index (χ1v) is 15.0. The number of nitrogens with zero attached hydrogens (tertiary/aromatic N) is 1. The van der Waals surface area contributed by atoms with Gasteiger partial charge in [0.2, 0.25) is 5.92 Å². The maximum atomic E-state index is 15.4. The van der Waals surface area contributed by atoms with Gasteiger partial charge >= 0.3 is 0 Å². The Labute approximate surface area is 238 Å². The number of rotatable bonds is 11. The molecule has 1 heterocycles. The maximum absolute atomic E-state index is 15.4. The van der Waals surface area contributed by atoms with Crippen LogP contribution in [0.25, 0.3) is 0 Å². The Morgan fingerprint density at radius 2 is 1.78 bits per heavy atom. The lowest BCUT2D eigenvalue weighted by Gasteiger charge is -2.35. The van der Waals surface area contributed by atoms with Gasteiger partial charge in [-0.3, -0.25) is 9.17 Å². The zero-order valence-electron chi connectivity index (χ0n) is 23.5. The van der Waals surface area contributed by atoms with Crippen LogP contribution in [-0.2, 0) is 32.1 Å². The summed E-state index contributed by atoms with van der Waals surface area (Å²) in [6.07, 6.45) is -1.29. The summed E-state index contributed by atoms with van der Waals surface area (Å²) in [4.78, 5) is 4.66. The zero-order chi connectivity index (χ0) is 29.8. The molecule has 4 rings (SSSR count). The highest BCUT2D eigenvalue weighted by Crippen LogP contribution is 2.45. The summed E-state index contributed by atoms with van der Waals surface area (Å²) >= 11 is 0. The second kappa shape index (κ2) is 12.8. The number of aromatic nitrogens is 1. The number of pyridine rings is 1. The lowest BCUT2D eigenvalue weighted by atomic mass is 9.81. The average molecular weight is 594 g/mol. The van der Waals surface area contributed by atoms with Crippen molar-refractivity contribution in [3.8, 4) is 11.5 Å². The molecule has 0 saturated heterocycles. The van der Waals surface area contributed by atoms with Crippen LogP contribution in [-0.4, -0.2) is 45.6 Å². The first-order valence-electron chi connectivity index (χ1n) is 13.2. The van der Waals surface area contributed by atoms with E-state index < -0.39 is 46.7 Å². The first-order chi connectivity index (χ1) is 19.4. The molecule has 7 nitrogen and oxygen atoms in total. The molecule has 41 heavy (non-hydrogen) atoms. The van der Waals surface area contributed by atoms with Crippen LogP contribution in [0.1, 0.15) is 58.8 Å². The summed E-state index contributed by atoms with van der Waals surface area (Å²) in [6.45, 7) is 3.54. The van der Waals surface area contributed by atoms with Crippen molar-refractivity contribution in [3.63, 3.8) is 0 Å². The lowest BCUT2D eigenvalue weighted by Crippen LogP contribution is -2.37. The van der Waals surface area contributed by atoms with E-state index in [0.717, 1.165) is 17.4 Å². The van der Waals surface area contributed by atoms with Crippen molar-refractivity contribution in [1.82, 2.24) is 4.98 Å². The van der Waals surface area contributed by atoms with Crippen LogP contribution in [0.2, 0.25) is 0 Å². The smallest absolute Gasteiger partial charge is 0.264 e. The maximum Gasteiger partial charge on any atom is 0.264 e. The molecule has 1 fully saturated rings. The first kappa shape index (κ1) is 30.8. The largest absolute Gasteiger partial charge is 0.486 e. The van der Waals surface area contributed by atoms with Gasteiger partial charge in [-0.2, -0.15) is 8.42 Å². The third kappa shape index (κ3) is 7.99. The van der Waals surface area contributed by atoms with Gasteiger partial charge in [-0.05, 0) is 60.7 Å². The molecule has 1 saturated carbocycles. The number of halogens is 3. The highest BCUT2D eigenvalue weighted by Gasteiger charge is 2.45.